The summed E-state index contributed by atoms with van der Waals surface area (Å²) in [6.45, 7) is 2.36. The molecule has 0 N–H and O–H groups in total. The van der Waals surface area contributed by atoms with Gasteiger partial charge in [-0.1, -0.05) is 36.4 Å². The van der Waals surface area contributed by atoms with E-state index in [0.717, 1.165) is 41.6 Å². The molecule has 3 aromatic carbocycles. The van der Waals surface area contributed by atoms with Crippen LogP contribution in [0.2, 0.25) is 0 Å². The highest BCUT2D eigenvalue weighted by Crippen LogP contribution is 2.41. The second kappa shape index (κ2) is 9.53. The van der Waals surface area contributed by atoms with Gasteiger partial charge in [0.25, 0.3) is 5.91 Å². The van der Waals surface area contributed by atoms with E-state index in [1.807, 2.05) is 53.4 Å². The molecule has 0 unspecified atom stereocenters. The molecule has 0 radical (unpaired) electrons. The van der Waals surface area contributed by atoms with E-state index in [0.29, 0.717) is 12.3 Å². The van der Waals surface area contributed by atoms with Gasteiger partial charge in [-0.2, -0.15) is 0 Å². The van der Waals surface area contributed by atoms with Crippen molar-refractivity contribution in [2.45, 2.75) is 38.3 Å². The minimum Gasteiger partial charge on any atom is -0.481 e. The van der Waals surface area contributed by atoms with Crippen LogP contribution in [-0.4, -0.2) is 36.4 Å². The van der Waals surface area contributed by atoms with Gasteiger partial charge in [0.05, 0.1) is 6.04 Å². The zero-order valence-corrected chi connectivity index (χ0v) is 20.0. The van der Waals surface area contributed by atoms with Crippen LogP contribution in [0.25, 0.3) is 0 Å². The van der Waals surface area contributed by atoms with Crippen molar-refractivity contribution in [2.75, 3.05) is 18.5 Å². The highest BCUT2D eigenvalue weighted by Gasteiger charge is 2.39. The Morgan fingerprint density at radius 2 is 1.74 bits per heavy atom. The molecule has 1 aliphatic heterocycles. The SMILES string of the molecule is C[C@H](Oc1ccc2c(c1)[C@@H](c1ccc(F)cc1)N(C(=O)C1CC1)CC2)C(=O)N(C)c1ccccc1. The van der Waals surface area contributed by atoms with Crippen molar-refractivity contribution in [1.82, 2.24) is 4.90 Å². The van der Waals surface area contributed by atoms with E-state index in [1.54, 1.807) is 31.0 Å². The van der Waals surface area contributed by atoms with Gasteiger partial charge in [-0.15, -0.1) is 0 Å². The van der Waals surface area contributed by atoms with Gasteiger partial charge in [0.1, 0.15) is 11.6 Å². The quantitative estimate of drug-likeness (QED) is 0.499. The first kappa shape index (κ1) is 23.1. The molecule has 2 atom stereocenters. The van der Waals surface area contributed by atoms with E-state index < -0.39 is 6.10 Å². The third-order valence-electron chi connectivity index (χ3n) is 6.88. The average Bonchev–Trinajstić information content (AvgIpc) is 3.73. The molecule has 180 valence electrons. The molecule has 35 heavy (non-hydrogen) atoms. The lowest BCUT2D eigenvalue weighted by Gasteiger charge is -2.38. The largest absolute Gasteiger partial charge is 0.481 e. The smallest absolute Gasteiger partial charge is 0.267 e. The van der Waals surface area contributed by atoms with E-state index in [4.69, 9.17) is 4.74 Å². The van der Waals surface area contributed by atoms with Crippen molar-refractivity contribution in [3.63, 3.8) is 0 Å². The molecule has 2 aliphatic rings. The molecule has 5 rings (SSSR count). The molecule has 6 heteroatoms. The van der Waals surface area contributed by atoms with E-state index in [-0.39, 0.29) is 29.6 Å². The Morgan fingerprint density at radius 3 is 2.43 bits per heavy atom. The van der Waals surface area contributed by atoms with Crippen LogP contribution in [-0.2, 0) is 16.0 Å². The number of ether oxygens (including phenoxy) is 1. The van der Waals surface area contributed by atoms with Gasteiger partial charge in [-0.05, 0) is 79.3 Å². The predicted molar refractivity (Wildman–Crippen MR) is 133 cm³/mol. The number of hydrogen-bond donors (Lipinski definition) is 0. The van der Waals surface area contributed by atoms with Gasteiger partial charge in [-0.25, -0.2) is 4.39 Å². The van der Waals surface area contributed by atoms with Gasteiger partial charge in [0.15, 0.2) is 6.10 Å². The van der Waals surface area contributed by atoms with Gasteiger partial charge in [-0.3, -0.25) is 9.59 Å². The van der Waals surface area contributed by atoms with Gasteiger partial charge < -0.3 is 14.5 Å². The first-order valence-corrected chi connectivity index (χ1v) is 12.1. The zero-order chi connectivity index (χ0) is 24.5. The van der Waals surface area contributed by atoms with Gasteiger partial charge in [0, 0.05) is 25.2 Å². The van der Waals surface area contributed by atoms with Crippen LogP contribution in [0, 0.1) is 11.7 Å². The number of fused-ring (bicyclic) bond motifs is 1. The molecule has 0 bridgehead atoms. The maximum absolute atomic E-state index is 13.7. The third-order valence-corrected chi connectivity index (χ3v) is 6.88. The van der Waals surface area contributed by atoms with E-state index in [1.165, 1.54) is 12.1 Å². The van der Waals surface area contributed by atoms with E-state index in [2.05, 4.69) is 0 Å². The molecule has 2 amide bonds. The number of hydrogen-bond acceptors (Lipinski definition) is 3. The number of rotatable bonds is 6. The number of carbonyl (C=O) groups excluding carboxylic acids is 2. The Balaban J connectivity index is 1.43. The van der Waals surface area contributed by atoms with E-state index >= 15 is 0 Å². The molecule has 1 fully saturated rings. The average molecular weight is 473 g/mol. The Hall–Kier alpha value is -3.67. The van der Waals surface area contributed by atoms with Crippen molar-refractivity contribution in [3.8, 4) is 5.75 Å². The normalized spacial score (nSPS) is 17.9. The van der Waals surface area contributed by atoms with Crippen LogP contribution in [0.5, 0.6) is 5.75 Å². The number of anilines is 1. The number of likely N-dealkylation sites (N-methyl/N-ethyl adjacent to an activating group) is 1. The minimum absolute atomic E-state index is 0.0881. The summed E-state index contributed by atoms with van der Waals surface area (Å²) >= 11 is 0. The third kappa shape index (κ3) is 4.78. The summed E-state index contributed by atoms with van der Waals surface area (Å²) < 4.78 is 19.8. The van der Waals surface area contributed by atoms with Crippen LogP contribution in [0.3, 0.4) is 0 Å². The fourth-order valence-electron chi connectivity index (χ4n) is 4.78. The standard InChI is InChI=1S/C29H29FN2O3/c1-19(28(33)31(2)24-6-4-3-5-7-24)35-25-15-12-20-16-17-32(29(34)22-8-9-22)27(26(20)18-25)21-10-13-23(30)14-11-21/h3-7,10-15,18-19,22,27H,8-9,16-17H2,1-2H3/t19-,27+/m0/s1. The number of benzene rings is 3. The molecule has 0 spiro atoms. The second-order valence-electron chi connectivity index (χ2n) is 9.36. The monoisotopic (exact) mass is 472 g/mol. The summed E-state index contributed by atoms with van der Waals surface area (Å²) in [6.07, 6.45) is 1.90. The lowest BCUT2D eigenvalue weighted by Crippen LogP contribution is -2.41. The summed E-state index contributed by atoms with van der Waals surface area (Å²) in [4.78, 5) is 29.7. The highest BCUT2D eigenvalue weighted by molar-refractivity contribution is 5.96. The van der Waals surface area contributed by atoms with Crippen LogP contribution in [0.4, 0.5) is 10.1 Å². The predicted octanol–water partition coefficient (Wildman–Crippen LogP) is 5.14. The number of amides is 2. The molecule has 5 nitrogen and oxygen atoms in total. The summed E-state index contributed by atoms with van der Waals surface area (Å²) in [5.74, 6) is 0.347. The van der Waals surface area contributed by atoms with Crippen molar-refractivity contribution in [3.05, 3.63) is 95.3 Å². The molecule has 1 heterocycles. The van der Waals surface area contributed by atoms with Gasteiger partial charge in [0.2, 0.25) is 5.91 Å². The van der Waals surface area contributed by atoms with Crippen molar-refractivity contribution >= 4 is 17.5 Å². The Kier molecular flexibility index (Phi) is 6.29. The Labute approximate surface area is 205 Å². The first-order valence-electron chi connectivity index (χ1n) is 12.1. The fraction of sp³-hybridized carbons (Fsp3) is 0.310. The lowest BCUT2D eigenvalue weighted by molar-refractivity contribution is -0.134. The van der Waals surface area contributed by atoms with Crippen LogP contribution in [0.15, 0.2) is 72.8 Å². The summed E-state index contributed by atoms with van der Waals surface area (Å²) in [5.41, 5.74) is 3.76. The Bertz CT molecular complexity index is 1220. The molecule has 0 aromatic heterocycles. The number of carbonyl (C=O) groups is 2. The highest BCUT2D eigenvalue weighted by atomic mass is 19.1. The van der Waals surface area contributed by atoms with Crippen LogP contribution < -0.4 is 9.64 Å². The summed E-state index contributed by atoms with van der Waals surface area (Å²) in [7, 11) is 1.73. The molecular formula is C29H29FN2O3. The van der Waals surface area contributed by atoms with Crippen molar-refractivity contribution in [1.29, 1.82) is 0 Å². The Morgan fingerprint density at radius 1 is 1.03 bits per heavy atom. The minimum atomic E-state index is -0.699. The van der Waals surface area contributed by atoms with Gasteiger partial charge >= 0.3 is 0 Å². The molecular weight excluding hydrogens is 443 g/mol. The zero-order valence-electron chi connectivity index (χ0n) is 20.0. The number of para-hydroxylation sites is 1. The first-order chi connectivity index (χ1) is 16.9. The molecule has 1 saturated carbocycles. The van der Waals surface area contributed by atoms with Crippen LogP contribution in [0.1, 0.15) is 42.5 Å². The molecule has 0 saturated heterocycles. The summed E-state index contributed by atoms with van der Waals surface area (Å²) in [6, 6.07) is 21.3. The second-order valence-corrected chi connectivity index (χ2v) is 9.36. The fourth-order valence-corrected chi connectivity index (χ4v) is 4.78. The molecule has 1 aliphatic carbocycles. The van der Waals surface area contributed by atoms with Crippen molar-refractivity contribution < 1.29 is 18.7 Å². The maximum Gasteiger partial charge on any atom is 0.267 e. The lowest BCUT2D eigenvalue weighted by atomic mass is 9.87. The van der Waals surface area contributed by atoms with Crippen LogP contribution >= 0.6 is 0 Å². The molecule has 3 aromatic rings. The number of nitrogens with zero attached hydrogens (tertiary/aromatic N) is 2. The summed E-state index contributed by atoms with van der Waals surface area (Å²) in [5, 5.41) is 0. The topological polar surface area (TPSA) is 49.9 Å². The van der Waals surface area contributed by atoms with E-state index in [9.17, 15) is 14.0 Å². The number of halogens is 1. The maximum atomic E-state index is 13.7. The van der Waals surface area contributed by atoms with Crippen molar-refractivity contribution in [2.24, 2.45) is 5.92 Å².